The van der Waals surface area contributed by atoms with Crippen molar-refractivity contribution in [1.29, 1.82) is 5.26 Å². The molecule has 1 saturated heterocycles. The van der Waals surface area contributed by atoms with Crippen molar-refractivity contribution in [3.05, 3.63) is 70.9 Å². The summed E-state index contributed by atoms with van der Waals surface area (Å²) < 4.78 is 19.9. The molecule has 1 aliphatic rings. The first-order valence-electron chi connectivity index (χ1n) is 12.0. The Morgan fingerprint density at radius 1 is 1.19 bits per heavy atom. The molecule has 3 heterocycles. The number of pyridine rings is 1. The molecule has 1 aromatic carbocycles. The van der Waals surface area contributed by atoms with Crippen molar-refractivity contribution in [3.63, 3.8) is 0 Å². The van der Waals surface area contributed by atoms with Gasteiger partial charge < -0.3 is 9.64 Å². The summed E-state index contributed by atoms with van der Waals surface area (Å²) in [4.78, 5) is 30.6. The second-order valence-electron chi connectivity index (χ2n) is 9.02. The van der Waals surface area contributed by atoms with Gasteiger partial charge in [-0.05, 0) is 68.0 Å². The second kappa shape index (κ2) is 11.1. The summed E-state index contributed by atoms with van der Waals surface area (Å²) in [5.74, 6) is 0.376. The topological polar surface area (TPSA) is 101 Å². The minimum Gasteiger partial charge on any atom is -0.466 e. The highest BCUT2D eigenvalue weighted by atomic mass is 19.1. The van der Waals surface area contributed by atoms with Crippen LogP contribution >= 0.6 is 0 Å². The molecule has 186 valence electrons. The molecule has 0 atom stereocenters. The smallest absolute Gasteiger partial charge is 0.302 e. The van der Waals surface area contributed by atoms with Gasteiger partial charge in [-0.25, -0.2) is 14.1 Å². The average molecular weight is 490 g/mol. The van der Waals surface area contributed by atoms with Crippen LogP contribution in [0.4, 0.5) is 10.2 Å². The van der Waals surface area contributed by atoms with Gasteiger partial charge in [-0.1, -0.05) is 0 Å². The second-order valence-corrected chi connectivity index (χ2v) is 9.02. The van der Waals surface area contributed by atoms with Crippen LogP contribution in [0.1, 0.15) is 53.4 Å². The molecule has 0 spiro atoms. The number of aromatic nitrogens is 3. The van der Waals surface area contributed by atoms with Crippen LogP contribution in [0.25, 0.3) is 5.69 Å². The first kappa shape index (κ1) is 25.0. The van der Waals surface area contributed by atoms with Gasteiger partial charge in [0.15, 0.2) is 5.78 Å². The number of ether oxygens (including phenoxy) is 1. The number of rotatable bonds is 8. The number of anilines is 1. The third-order valence-electron chi connectivity index (χ3n) is 6.54. The van der Waals surface area contributed by atoms with E-state index in [2.05, 4.69) is 21.1 Å². The van der Waals surface area contributed by atoms with E-state index in [-0.39, 0.29) is 24.0 Å². The Hall–Kier alpha value is -4.06. The van der Waals surface area contributed by atoms with Gasteiger partial charge in [0.05, 0.1) is 35.3 Å². The van der Waals surface area contributed by atoms with Crippen molar-refractivity contribution >= 4 is 17.6 Å². The van der Waals surface area contributed by atoms with Crippen molar-refractivity contribution in [2.45, 2.75) is 39.5 Å². The number of carbonyl (C=O) groups excluding carboxylic acids is 2. The summed E-state index contributed by atoms with van der Waals surface area (Å²) in [6.07, 6.45) is 5.97. The zero-order valence-electron chi connectivity index (χ0n) is 20.4. The largest absolute Gasteiger partial charge is 0.466 e. The van der Waals surface area contributed by atoms with Crippen LogP contribution in [-0.4, -0.2) is 46.2 Å². The molecule has 0 bridgehead atoms. The number of hydrogen-bond acceptors (Lipinski definition) is 7. The number of nitrogens with zero attached hydrogens (tertiary/aromatic N) is 5. The van der Waals surface area contributed by atoms with E-state index in [4.69, 9.17) is 4.74 Å². The zero-order chi connectivity index (χ0) is 25.7. The number of piperidine rings is 1. The standard InChI is InChI=1S/C27H28FN5O3/c1-18-25(17-31-33(18)24-5-3-23(28)4-6-24)26(35)14-21-13-22(15-29)27(30-16-21)32-10-7-20(8-11-32)9-12-36-19(2)34/h3-6,13,16-17,20H,7-12,14H2,1-2H3. The summed E-state index contributed by atoms with van der Waals surface area (Å²) in [7, 11) is 0. The van der Waals surface area contributed by atoms with E-state index in [1.54, 1.807) is 36.0 Å². The van der Waals surface area contributed by atoms with Gasteiger partial charge in [0.25, 0.3) is 0 Å². The molecule has 0 aliphatic carbocycles. The maximum Gasteiger partial charge on any atom is 0.302 e. The lowest BCUT2D eigenvalue weighted by atomic mass is 9.93. The number of nitriles is 1. The van der Waals surface area contributed by atoms with E-state index < -0.39 is 0 Å². The van der Waals surface area contributed by atoms with Crippen molar-refractivity contribution in [3.8, 4) is 11.8 Å². The van der Waals surface area contributed by atoms with E-state index in [0.29, 0.717) is 46.4 Å². The van der Waals surface area contributed by atoms with Crippen LogP contribution in [0.15, 0.2) is 42.7 Å². The van der Waals surface area contributed by atoms with Crippen LogP contribution in [0.2, 0.25) is 0 Å². The highest BCUT2D eigenvalue weighted by Crippen LogP contribution is 2.27. The van der Waals surface area contributed by atoms with E-state index in [1.165, 1.54) is 25.3 Å². The van der Waals surface area contributed by atoms with Crippen LogP contribution in [0, 0.1) is 30.0 Å². The SMILES string of the molecule is CC(=O)OCCC1CCN(c2ncc(CC(=O)c3cnn(-c4ccc(F)cc4)c3C)cc2C#N)CC1. The van der Waals surface area contributed by atoms with E-state index >= 15 is 0 Å². The number of halogens is 1. The van der Waals surface area contributed by atoms with Crippen LogP contribution in [0.5, 0.6) is 0 Å². The quantitative estimate of drug-likeness (QED) is 0.346. The molecular weight excluding hydrogens is 461 g/mol. The Bertz CT molecular complexity index is 1290. The Labute approximate surface area is 209 Å². The van der Waals surface area contributed by atoms with Crippen LogP contribution < -0.4 is 4.90 Å². The fourth-order valence-corrected chi connectivity index (χ4v) is 4.54. The number of esters is 1. The van der Waals surface area contributed by atoms with Crippen molar-refractivity contribution < 1.29 is 18.7 Å². The molecule has 4 rings (SSSR count). The summed E-state index contributed by atoms with van der Waals surface area (Å²) in [6.45, 7) is 5.18. The zero-order valence-corrected chi connectivity index (χ0v) is 20.4. The van der Waals surface area contributed by atoms with E-state index in [0.717, 1.165) is 32.4 Å². The van der Waals surface area contributed by atoms with E-state index in [1.807, 2.05) is 0 Å². The van der Waals surface area contributed by atoms with Gasteiger partial charge >= 0.3 is 5.97 Å². The fraction of sp³-hybridized carbons (Fsp3) is 0.370. The first-order chi connectivity index (χ1) is 17.4. The minimum absolute atomic E-state index is 0.0934. The monoisotopic (exact) mass is 489 g/mol. The van der Waals surface area contributed by atoms with Gasteiger partial charge in [0, 0.05) is 32.6 Å². The van der Waals surface area contributed by atoms with Crippen LogP contribution in [0.3, 0.4) is 0 Å². The number of ketones is 1. The molecule has 1 aliphatic heterocycles. The maximum absolute atomic E-state index is 13.2. The summed E-state index contributed by atoms with van der Waals surface area (Å²) in [6, 6.07) is 9.86. The number of benzene rings is 1. The number of carbonyl (C=O) groups is 2. The van der Waals surface area contributed by atoms with Gasteiger partial charge in [0.2, 0.25) is 0 Å². The number of hydrogen-bond donors (Lipinski definition) is 0. The molecule has 0 amide bonds. The highest BCUT2D eigenvalue weighted by Gasteiger charge is 2.23. The normalized spacial score (nSPS) is 13.9. The lowest BCUT2D eigenvalue weighted by molar-refractivity contribution is -0.141. The van der Waals surface area contributed by atoms with Crippen molar-refractivity contribution in [2.24, 2.45) is 5.92 Å². The summed E-state index contributed by atoms with van der Waals surface area (Å²) in [5, 5.41) is 14.0. The predicted octanol–water partition coefficient (Wildman–Crippen LogP) is 4.18. The molecule has 0 saturated carbocycles. The molecule has 0 unspecified atom stereocenters. The van der Waals surface area contributed by atoms with Gasteiger partial charge in [-0.3, -0.25) is 9.59 Å². The first-order valence-corrected chi connectivity index (χ1v) is 12.0. The maximum atomic E-state index is 13.2. The lowest BCUT2D eigenvalue weighted by Crippen LogP contribution is -2.35. The van der Waals surface area contributed by atoms with E-state index in [9.17, 15) is 19.2 Å². The molecule has 36 heavy (non-hydrogen) atoms. The molecule has 0 N–H and O–H groups in total. The Morgan fingerprint density at radius 2 is 1.92 bits per heavy atom. The van der Waals surface area contributed by atoms with Crippen molar-refractivity contribution in [2.75, 3.05) is 24.6 Å². The summed E-state index contributed by atoms with van der Waals surface area (Å²) >= 11 is 0. The van der Waals surface area contributed by atoms with Crippen LogP contribution in [-0.2, 0) is 16.0 Å². The lowest BCUT2D eigenvalue weighted by Gasteiger charge is -2.33. The fourth-order valence-electron chi connectivity index (χ4n) is 4.54. The molecule has 9 heteroatoms. The molecule has 2 aromatic heterocycles. The predicted molar refractivity (Wildman–Crippen MR) is 131 cm³/mol. The highest BCUT2D eigenvalue weighted by molar-refractivity contribution is 5.98. The van der Waals surface area contributed by atoms with Gasteiger partial charge in [-0.15, -0.1) is 0 Å². The Balaban J connectivity index is 1.41. The molecule has 8 nitrogen and oxygen atoms in total. The minimum atomic E-state index is -0.340. The summed E-state index contributed by atoms with van der Waals surface area (Å²) in [5.41, 5.74) is 2.90. The molecule has 3 aromatic rings. The average Bonchev–Trinajstić information content (AvgIpc) is 3.26. The molecule has 0 radical (unpaired) electrons. The third-order valence-corrected chi connectivity index (χ3v) is 6.54. The van der Waals surface area contributed by atoms with Gasteiger partial charge in [0.1, 0.15) is 17.7 Å². The molecule has 1 fully saturated rings. The Morgan fingerprint density at radius 3 is 2.58 bits per heavy atom. The van der Waals surface area contributed by atoms with Crippen molar-refractivity contribution in [1.82, 2.24) is 14.8 Å². The number of Topliss-reactive ketones (excluding diaryl/α,β-unsaturated/α-hetero) is 1. The van der Waals surface area contributed by atoms with Gasteiger partial charge in [-0.2, -0.15) is 10.4 Å². The third kappa shape index (κ3) is 5.77. The Kier molecular flexibility index (Phi) is 7.74. The molecular formula is C27H28FN5O3.